The number of hydrogen-bond acceptors (Lipinski definition) is 4. The van der Waals surface area contributed by atoms with Crippen LogP contribution < -0.4 is 4.74 Å². The Bertz CT molecular complexity index is 535. The zero-order valence-corrected chi connectivity index (χ0v) is 13.4. The van der Waals surface area contributed by atoms with Crippen molar-refractivity contribution < 1.29 is 4.74 Å². The Morgan fingerprint density at radius 3 is 2.86 bits per heavy atom. The summed E-state index contributed by atoms with van der Waals surface area (Å²) in [5.74, 6) is 0.826. The highest BCUT2D eigenvalue weighted by atomic mass is 31.0. The van der Waals surface area contributed by atoms with Gasteiger partial charge in [-0.3, -0.25) is 9.57 Å². The third-order valence-electron chi connectivity index (χ3n) is 4.49. The summed E-state index contributed by atoms with van der Waals surface area (Å²) in [5.41, 5.74) is 2.86. The summed E-state index contributed by atoms with van der Waals surface area (Å²) in [7, 11) is 2.80. The third kappa shape index (κ3) is 3.37. The predicted molar refractivity (Wildman–Crippen MR) is 86.1 cm³/mol. The van der Waals surface area contributed by atoms with Crippen molar-refractivity contribution >= 4 is 9.39 Å². The van der Waals surface area contributed by atoms with Crippen molar-refractivity contribution in [2.45, 2.75) is 25.3 Å². The molecule has 2 aliphatic rings. The van der Waals surface area contributed by atoms with Gasteiger partial charge in [0, 0.05) is 32.2 Å². The molecule has 0 saturated carbocycles. The second-order valence-corrected chi connectivity index (χ2v) is 6.52. The van der Waals surface area contributed by atoms with Crippen LogP contribution in [0.2, 0.25) is 0 Å². The van der Waals surface area contributed by atoms with Crippen LogP contribution in [-0.2, 0) is 6.42 Å². The van der Waals surface area contributed by atoms with E-state index in [0.717, 1.165) is 38.3 Å². The molecule has 0 radical (unpaired) electrons. The van der Waals surface area contributed by atoms with Gasteiger partial charge in [-0.15, -0.1) is 0 Å². The highest BCUT2D eigenvalue weighted by Crippen LogP contribution is 2.36. The Morgan fingerprint density at radius 2 is 2.10 bits per heavy atom. The normalized spacial score (nSPS) is 23.3. The first-order chi connectivity index (χ1) is 10.3. The molecule has 21 heavy (non-hydrogen) atoms. The van der Waals surface area contributed by atoms with Crippen LogP contribution in [0.15, 0.2) is 18.2 Å². The van der Waals surface area contributed by atoms with E-state index in [-0.39, 0.29) is 6.61 Å². The van der Waals surface area contributed by atoms with Crippen LogP contribution in [0, 0.1) is 11.3 Å². The van der Waals surface area contributed by atoms with E-state index in [1.165, 1.54) is 24.0 Å². The van der Waals surface area contributed by atoms with Gasteiger partial charge in [0.1, 0.15) is 11.8 Å². The van der Waals surface area contributed by atoms with Gasteiger partial charge in [-0.05, 0) is 42.5 Å². The smallest absolute Gasteiger partial charge is 0.174 e. The summed E-state index contributed by atoms with van der Waals surface area (Å²) >= 11 is 0. The van der Waals surface area contributed by atoms with Crippen LogP contribution in [0.25, 0.3) is 0 Å². The number of rotatable bonds is 3. The molecule has 1 aliphatic heterocycles. The van der Waals surface area contributed by atoms with Gasteiger partial charge in [0.2, 0.25) is 0 Å². The van der Waals surface area contributed by atoms with Gasteiger partial charge in [0.25, 0.3) is 0 Å². The summed E-state index contributed by atoms with van der Waals surface area (Å²) in [5, 5.41) is 8.66. The SMILES string of the molecule is N#CCOc1ccc2c(c1)C(N1CCN(P)CC1)CCC2. The van der Waals surface area contributed by atoms with Crippen LogP contribution in [0.5, 0.6) is 5.75 Å². The van der Waals surface area contributed by atoms with Crippen LogP contribution >= 0.6 is 9.39 Å². The van der Waals surface area contributed by atoms with E-state index >= 15 is 0 Å². The molecular formula is C16H22N3OP. The molecule has 112 valence electrons. The van der Waals surface area contributed by atoms with Crippen LogP contribution in [-0.4, -0.2) is 42.4 Å². The number of piperazine rings is 1. The molecule has 0 bridgehead atoms. The maximum atomic E-state index is 8.66. The number of fused-ring (bicyclic) bond motifs is 1. The highest BCUT2D eigenvalue weighted by Gasteiger charge is 2.28. The minimum atomic E-state index is 0.120. The Morgan fingerprint density at radius 1 is 1.29 bits per heavy atom. The molecule has 5 heteroatoms. The largest absolute Gasteiger partial charge is 0.479 e. The van der Waals surface area contributed by atoms with Crippen LogP contribution in [0.1, 0.15) is 30.0 Å². The number of hydrogen-bond donors (Lipinski definition) is 0. The lowest BCUT2D eigenvalue weighted by Crippen LogP contribution is -2.44. The molecule has 1 saturated heterocycles. The van der Waals surface area contributed by atoms with Crippen molar-refractivity contribution in [3.05, 3.63) is 29.3 Å². The number of ether oxygens (including phenoxy) is 1. The molecule has 0 aromatic heterocycles. The van der Waals surface area contributed by atoms with E-state index < -0.39 is 0 Å². The number of nitrogens with zero attached hydrogens (tertiary/aromatic N) is 3. The van der Waals surface area contributed by atoms with Crippen LogP contribution in [0.3, 0.4) is 0 Å². The lowest BCUT2D eigenvalue weighted by molar-refractivity contribution is 0.129. The van der Waals surface area contributed by atoms with E-state index in [9.17, 15) is 0 Å². The molecule has 0 spiro atoms. The quantitative estimate of drug-likeness (QED) is 0.804. The van der Waals surface area contributed by atoms with Gasteiger partial charge in [0.05, 0.1) is 0 Å². The van der Waals surface area contributed by atoms with Crippen molar-refractivity contribution in [1.29, 1.82) is 5.26 Å². The molecule has 1 fully saturated rings. The molecule has 1 heterocycles. The molecule has 0 N–H and O–H groups in total. The van der Waals surface area contributed by atoms with Gasteiger partial charge in [-0.2, -0.15) is 5.26 Å². The van der Waals surface area contributed by atoms with E-state index in [1.54, 1.807) is 0 Å². The summed E-state index contributed by atoms with van der Waals surface area (Å²) in [6, 6.07) is 8.88. The molecule has 2 unspecified atom stereocenters. The van der Waals surface area contributed by atoms with Crippen molar-refractivity contribution in [3.63, 3.8) is 0 Å². The molecule has 0 amide bonds. The molecule has 1 aromatic carbocycles. The Balaban J connectivity index is 1.80. The highest BCUT2D eigenvalue weighted by molar-refractivity contribution is 7.13. The first-order valence-corrected chi connectivity index (χ1v) is 8.16. The second kappa shape index (κ2) is 6.75. The maximum absolute atomic E-state index is 8.66. The fraction of sp³-hybridized carbons (Fsp3) is 0.562. The van der Waals surface area contributed by atoms with Crippen molar-refractivity contribution in [3.8, 4) is 11.8 Å². The Hall–Kier alpha value is -1.14. The zero-order chi connectivity index (χ0) is 14.7. The minimum Gasteiger partial charge on any atom is -0.479 e. The summed E-state index contributed by atoms with van der Waals surface area (Å²) in [4.78, 5) is 2.60. The van der Waals surface area contributed by atoms with Gasteiger partial charge in [-0.1, -0.05) is 15.5 Å². The Kier molecular flexibility index (Phi) is 4.75. The number of nitriles is 1. The van der Waals surface area contributed by atoms with Crippen LogP contribution in [0.4, 0.5) is 0 Å². The van der Waals surface area contributed by atoms with E-state index in [4.69, 9.17) is 10.00 Å². The average molecular weight is 303 g/mol. The van der Waals surface area contributed by atoms with Gasteiger partial charge in [0.15, 0.2) is 6.61 Å². The van der Waals surface area contributed by atoms with E-state index in [2.05, 4.69) is 31.1 Å². The number of benzene rings is 1. The molecule has 2 atom stereocenters. The predicted octanol–water partition coefficient (Wildman–Crippen LogP) is 2.37. The topological polar surface area (TPSA) is 39.5 Å². The van der Waals surface area contributed by atoms with E-state index in [0.29, 0.717) is 6.04 Å². The second-order valence-electron chi connectivity index (χ2n) is 5.79. The maximum Gasteiger partial charge on any atom is 0.174 e. The average Bonchev–Trinajstić information content (AvgIpc) is 2.53. The summed E-state index contributed by atoms with van der Waals surface area (Å²) < 4.78 is 7.79. The third-order valence-corrected chi connectivity index (χ3v) is 5.01. The molecular weight excluding hydrogens is 281 g/mol. The monoisotopic (exact) mass is 303 g/mol. The zero-order valence-electron chi connectivity index (χ0n) is 12.3. The summed E-state index contributed by atoms with van der Waals surface area (Å²) in [6.45, 7) is 4.59. The van der Waals surface area contributed by atoms with E-state index in [1.807, 2.05) is 12.1 Å². The molecule has 1 aromatic rings. The van der Waals surface area contributed by atoms with Crippen molar-refractivity contribution in [1.82, 2.24) is 9.57 Å². The van der Waals surface area contributed by atoms with Crippen molar-refractivity contribution in [2.75, 3.05) is 32.8 Å². The van der Waals surface area contributed by atoms with Gasteiger partial charge in [-0.25, -0.2) is 0 Å². The standard InChI is InChI=1S/C16H22N3OP/c17-6-11-20-14-5-4-13-2-1-3-16(15(13)12-14)18-7-9-19(21)10-8-18/h4-5,12,16H,1-3,7-11,21H2. The van der Waals surface area contributed by atoms with Gasteiger partial charge >= 0.3 is 0 Å². The molecule has 4 nitrogen and oxygen atoms in total. The summed E-state index contributed by atoms with van der Waals surface area (Å²) in [6.07, 6.45) is 3.65. The lowest BCUT2D eigenvalue weighted by atomic mass is 9.86. The first-order valence-electron chi connectivity index (χ1n) is 7.64. The van der Waals surface area contributed by atoms with Gasteiger partial charge < -0.3 is 4.74 Å². The number of aryl methyl sites for hydroxylation is 1. The minimum absolute atomic E-state index is 0.120. The Labute approximate surface area is 128 Å². The molecule has 1 aliphatic carbocycles. The first kappa shape index (κ1) is 14.8. The van der Waals surface area contributed by atoms with Crippen molar-refractivity contribution in [2.24, 2.45) is 0 Å². The fourth-order valence-corrected chi connectivity index (χ4v) is 3.62. The fourth-order valence-electron chi connectivity index (χ4n) is 3.39. The molecule has 3 rings (SSSR count). The lowest BCUT2D eigenvalue weighted by Gasteiger charge is -2.40.